The number of amides is 1. The molecule has 2 aromatic rings. The number of carbonyl (C=O) groups excluding carboxylic acids is 1. The number of nitrogens with zero attached hydrogens (tertiary/aromatic N) is 5. The molecule has 2 aromatic heterocycles. The van der Waals surface area contributed by atoms with Crippen molar-refractivity contribution in [1.29, 1.82) is 0 Å². The van der Waals surface area contributed by atoms with Crippen molar-refractivity contribution in [1.82, 2.24) is 35.3 Å². The second-order valence-electron chi connectivity index (χ2n) is 4.56. The Hall–Kier alpha value is -1.90. The topological polar surface area (TPSA) is 101 Å². The monoisotopic (exact) mass is 295 g/mol. The first kappa shape index (κ1) is 14.5. The summed E-state index contributed by atoms with van der Waals surface area (Å²) >= 11 is 1.36. The molecular formula is C11H17N7OS. The molecule has 0 aromatic carbocycles. The van der Waals surface area contributed by atoms with Crippen LogP contribution in [0.2, 0.25) is 0 Å². The molecule has 2 rings (SSSR count). The summed E-state index contributed by atoms with van der Waals surface area (Å²) in [5.74, 6) is 0.829. The molecule has 0 radical (unpaired) electrons. The molecule has 2 N–H and O–H groups in total. The van der Waals surface area contributed by atoms with Gasteiger partial charge in [-0.05, 0) is 20.8 Å². The predicted octanol–water partition coefficient (Wildman–Crippen LogP) is 0.947. The number of nitrogens with one attached hydrogen (secondary N) is 2. The Morgan fingerprint density at radius 3 is 2.95 bits per heavy atom. The van der Waals surface area contributed by atoms with E-state index in [-0.39, 0.29) is 23.7 Å². The van der Waals surface area contributed by atoms with Crippen LogP contribution in [0.4, 0.5) is 0 Å². The quantitative estimate of drug-likeness (QED) is 0.769. The van der Waals surface area contributed by atoms with E-state index >= 15 is 0 Å². The molecule has 0 bridgehead atoms. The summed E-state index contributed by atoms with van der Waals surface area (Å²) < 4.78 is 1.93. The van der Waals surface area contributed by atoms with E-state index in [0.717, 1.165) is 5.16 Å². The van der Waals surface area contributed by atoms with Gasteiger partial charge >= 0.3 is 0 Å². The Labute approximate surface area is 120 Å². The summed E-state index contributed by atoms with van der Waals surface area (Å²) in [6.07, 6.45) is 3.08. The van der Waals surface area contributed by atoms with Gasteiger partial charge < -0.3 is 9.88 Å². The van der Waals surface area contributed by atoms with Crippen LogP contribution in [0, 0.1) is 0 Å². The van der Waals surface area contributed by atoms with Crippen molar-refractivity contribution < 1.29 is 4.79 Å². The summed E-state index contributed by atoms with van der Waals surface area (Å²) in [5, 5.41) is 17.9. The smallest absolute Gasteiger partial charge is 0.231 e. The van der Waals surface area contributed by atoms with E-state index in [1.807, 2.05) is 25.3 Å². The van der Waals surface area contributed by atoms with Crippen LogP contribution in [0.1, 0.15) is 38.7 Å². The van der Waals surface area contributed by atoms with Crippen molar-refractivity contribution >= 4 is 17.7 Å². The van der Waals surface area contributed by atoms with Crippen LogP contribution < -0.4 is 5.32 Å². The van der Waals surface area contributed by atoms with Crippen molar-refractivity contribution in [2.24, 2.45) is 0 Å². The van der Waals surface area contributed by atoms with Crippen LogP contribution >= 0.6 is 11.8 Å². The molecule has 9 heteroatoms. The number of hydrogen-bond donors (Lipinski definition) is 2. The summed E-state index contributed by atoms with van der Waals surface area (Å²) in [5.41, 5.74) is 0. The molecular weight excluding hydrogens is 278 g/mol. The molecule has 1 atom stereocenters. The van der Waals surface area contributed by atoms with Gasteiger partial charge in [0.25, 0.3) is 0 Å². The highest BCUT2D eigenvalue weighted by Crippen LogP contribution is 2.18. The molecule has 0 spiro atoms. The third-order valence-electron chi connectivity index (χ3n) is 2.65. The summed E-state index contributed by atoms with van der Waals surface area (Å²) in [4.78, 5) is 15.9. The van der Waals surface area contributed by atoms with E-state index in [1.54, 1.807) is 6.33 Å². The molecule has 0 aliphatic rings. The minimum Gasteiger partial charge on any atom is -0.346 e. The highest BCUT2D eigenvalue weighted by Gasteiger charge is 2.14. The van der Waals surface area contributed by atoms with E-state index in [0.29, 0.717) is 5.82 Å². The minimum atomic E-state index is -0.200. The van der Waals surface area contributed by atoms with Gasteiger partial charge in [0.1, 0.15) is 18.5 Å². The van der Waals surface area contributed by atoms with E-state index in [1.165, 1.54) is 18.1 Å². The molecule has 0 saturated heterocycles. The van der Waals surface area contributed by atoms with Crippen LogP contribution in [0.5, 0.6) is 0 Å². The zero-order chi connectivity index (χ0) is 14.5. The van der Waals surface area contributed by atoms with E-state index in [9.17, 15) is 4.79 Å². The summed E-state index contributed by atoms with van der Waals surface area (Å²) in [6.45, 7) is 5.93. The van der Waals surface area contributed by atoms with E-state index < -0.39 is 0 Å². The molecule has 2 heterocycles. The fraction of sp³-hybridized carbons (Fsp3) is 0.545. The lowest BCUT2D eigenvalue weighted by Crippen LogP contribution is -2.29. The SMILES string of the molecule is CC(NC(=O)CSc1nncn1C(C)C)c1ncn[nH]1. The lowest BCUT2D eigenvalue weighted by atomic mass is 10.3. The molecule has 20 heavy (non-hydrogen) atoms. The number of rotatable bonds is 6. The molecule has 0 saturated carbocycles. The van der Waals surface area contributed by atoms with Crippen LogP contribution in [0.3, 0.4) is 0 Å². The highest BCUT2D eigenvalue weighted by molar-refractivity contribution is 7.99. The Kier molecular flexibility index (Phi) is 4.72. The summed E-state index contributed by atoms with van der Waals surface area (Å²) in [7, 11) is 0. The van der Waals surface area contributed by atoms with Gasteiger partial charge in [-0.2, -0.15) is 5.10 Å². The van der Waals surface area contributed by atoms with Gasteiger partial charge in [0.2, 0.25) is 5.91 Å². The third-order valence-corrected chi connectivity index (χ3v) is 3.61. The molecule has 8 nitrogen and oxygen atoms in total. The lowest BCUT2D eigenvalue weighted by Gasteiger charge is -2.12. The van der Waals surface area contributed by atoms with Gasteiger partial charge in [-0.15, -0.1) is 10.2 Å². The number of carbonyl (C=O) groups is 1. The average Bonchev–Trinajstić information content (AvgIpc) is 3.07. The normalized spacial score (nSPS) is 12.6. The maximum Gasteiger partial charge on any atom is 0.231 e. The third kappa shape index (κ3) is 3.56. The van der Waals surface area contributed by atoms with Crippen molar-refractivity contribution in [2.75, 3.05) is 5.75 Å². The number of aromatic amines is 1. The number of hydrogen-bond acceptors (Lipinski definition) is 6. The molecule has 1 unspecified atom stereocenters. The van der Waals surface area contributed by atoms with Gasteiger partial charge in [0, 0.05) is 6.04 Å². The average molecular weight is 295 g/mol. The zero-order valence-corrected chi connectivity index (χ0v) is 12.4. The Balaban J connectivity index is 1.85. The molecule has 0 aliphatic carbocycles. The second-order valence-corrected chi connectivity index (χ2v) is 5.51. The first-order valence-corrected chi connectivity index (χ1v) is 7.23. The molecule has 1 amide bonds. The van der Waals surface area contributed by atoms with Gasteiger partial charge in [0.05, 0.1) is 11.8 Å². The first-order chi connectivity index (χ1) is 9.58. The van der Waals surface area contributed by atoms with Crippen LogP contribution in [0.15, 0.2) is 17.8 Å². The molecule has 0 fully saturated rings. The fourth-order valence-electron chi connectivity index (χ4n) is 1.59. The predicted molar refractivity (Wildman–Crippen MR) is 74.1 cm³/mol. The van der Waals surface area contributed by atoms with Crippen LogP contribution in [-0.4, -0.2) is 41.6 Å². The first-order valence-electron chi connectivity index (χ1n) is 6.25. The van der Waals surface area contributed by atoms with Crippen LogP contribution in [0.25, 0.3) is 0 Å². The van der Waals surface area contributed by atoms with Gasteiger partial charge in [-0.1, -0.05) is 11.8 Å². The fourth-order valence-corrected chi connectivity index (χ4v) is 2.45. The largest absolute Gasteiger partial charge is 0.346 e. The van der Waals surface area contributed by atoms with Gasteiger partial charge in [0.15, 0.2) is 5.16 Å². The van der Waals surface area contributed by atoms with Crippen LogP contribution in [-0.2, 0) is 4.79 Å². The molecule has 108 valence electrons. The maximum atomic E-state index is 11.9. The van der Waals surface area contributed by atoms with Gasteiger partial charge in [-0.25, -0.2) is 4.98 Å². The Morgan fingerprint density at radius 2 is 2.30 bits per heavy atom. The Bertz CT molecular complexity index is 551. The van der Waals surface area contributed by atoms with Crippen molar-refractivity contribution in [3.8, 4) is 0 Å². The number of H-pyrrole nitrogens is 1. The van der Waals surface area contributed by atoms with Crippen molar-refractivity contribution in [2.45, 2.75) is 38.0 Å². The standard InChI is InChI=1S/C11H17N7OS/c1-7(2)18-6-14-17-11(18)20-4-9(19)15-8(3)10-12-5-13-16-10/h5-8H,4H2,1-3H3,(H,15,19)(H,12,13,16). The number of aromatic nitrogens is 6. The Morgan fingerprint density at radius 1 is 1.50 bits per heavy atom. The maximum absolute atomic E-state index is 11.9. The highest BCUT2D eigenvalue weighted by atomic mass is 32.2. The van der Waals surface area contributed by atoms with E-state index in [2.05, 4.69) is 30.7 Å². The zero-order valence-electron chi connectivity index (χ0n) is 11.6. The van der Waals surface area contributed by atoms with Crippen molar-refractivity contribution in [3.05, 3.63) is 18.5 Å². The second kappa shape index (κ2) is 6.51. The lowest BCUT2D eigenvalue weighted by molar-refractivity contribution is -0.119. The van der Waals surface area contributed by atoms with Gasteiger partial charge in [-0.3, -0.25) is 9.89 Å². The van der Waals surface area contributed by atoms with E-state index in [4.69, 9.17) is 0 Å². The number of thioether (sulfide) groups is 1. The molecule has 0 aliphatic heterocycles. The minimum absolute atomic E-state index is 0.0859. The van der Waals surface area contributed by atoms with Crippen molar-refractivity contribution in [3.63, 3.8) is 0 Å². The summed E-state index contributed by atoms with van der Waals surface area (Å²) in [6, 6.07) is 0.0669.